The number of benzene rings is 1. The number of fused-ring (bicyclic) bond motifs is 2. The molecule has 154 valence electrons. The third-order valence-corrected chi connectivity index (χ3v) is 6.79. The van der Waals surface area contributed by atoms with Gasteiger partial charge in [0.2, 0.25) is 0 Å². The van der Waals surface area contributed by atoms with Crippen molar-refractivity contribution in [2.75, 3.05) is 31.1 Å². The van der Waals surface area contributed by atoms with Crippen molar-refractivity contribution < 1.29 is 0 Å². The quantitative estimate of drug-likeness (QED) is 0.428. The van der Waals surface area contributed by atoms with Crippen LogP contribution in [0.1, 0.15) is 5.69 Å². The Bertz CT molecular complexity index is 1300. The van der Waals surface area contributed by atoms with E-state index in [9.17, 15) is 0 Å². The van der Waals surface area contributed by atoms with Crippen LogP contribution in [0.3, 0.4) is 0 Å². The van der Waals surface area contributed by atoms with Gasteiger partial charge in [-0.05, 0) is 17.7 Å². The molecule has 1 aliphatic heterocycles. The molecule has 0 aliphatic carbocycles. The van der Waals surface area contributed by atoms with Crippen LogP contribution in [-0.4, -0.2) is 50.4 Å². The number of anilines is 1. The Morgan fingerprint density at radius 2 is 1.74 bits per heavy atom. The van der Waals surface area contributed by atoms with Crippen LogP contribution in [-0.2, 0) is 6.54 Å². The Morgan fingerprint density at radius 3 is 2.58 bits per heavy atom. The fourth-order valence-electron chi connectivity index (χ4n) is 4.34. The summed E-state index contributed by atoms with van der Waals surface area (Å²) in [6.07, 6.45) is 5.88. The standard InChI is InChI=1S/C24H22N6S/c1-2-6-18(7-3-1)20-16-31-24-22(20)23(25-17-26-24)29-12-10-28(11-13-29)14-19-15-30-9-5-4-8-21(30)27-19/h1-9,15-17H,10-14H2. The second kappa shape index (κ2) is 7.76. The zero-order chi connectivity index (χ0) is 20.6. The topological polar surface area (TPSA) is 49.6 Å². The molecule has 1 fully saturated rings. The number of aromatic nitrogens is 4. The third-order valence-electron chi connectivity index (χ3n) is 5.91. The van der Waals surface area contributed by atoms with E-state index in [1.54, 1.807) is 17.7 Å². The summed E-state index contributed by atoms with van der Waals surface area (Å²) in [6.45, 7) is 4.75. The number of pyridine rings is 1. The summed E-state index contributed by atoms with van der Waals surface area (Å²) in [5, 5.41) is 3.38. The van der Waals surface area contributed by atoms with Crippen LogP contribution < -0.4 is 4.90 Å². The molecule has 5 heterocycles. The van der Waals surface area contributed by atoms with Gasteiger partial charge in [0.25, 0.3) is 0 Å². The van der Waals surface area contributed by atoms with Crippen LogP contribution in [0.5, 0.6) is 0 Å². The number of piperazine rings is 1. The minimum atomic E-state index is 0.877. The summed E-state index contributed by atoms with van der Waals surface area (Å²) in [5.74, 6) is 1.05. The SMILES string of the molecule is c1ccc(-c2csc3ncnc(N4CCN(Cc5cn6ccccc6n5)CC4)c23)cc1. The first kappa shape index (κ1) is 18.5. The van der Waals surface area contributed by atoms with E-state index in [4.69, 9.17) is 9.97 Å². The molecule has 6 nitrogen and oxygen atoms in total. The van der Waals surface area contributed by atoms with E-state index in [-0.39, 0.29) is 0 Å². The summed E-state index contributed by atoms with van der Waals surface area (Å²) >= 11 is 1.69. The molecule has 0 N–H and O–H groups in total. The fraction of sp³-hybridized carbons (Fsp3) is 0.208. The maximum atomic E-state index is 4.75. The van der Waals surface area contributed by atoms with Crippen molar-refractivity contribution in [3.05, 3.63) is 78.3 Å². The van der Waals surface area contributed by atoms with Crippen molar-refractivity contribution in [1.82, 2.24) is 24.3 Å². The number of rotatable bonds is 4. The van der Waals surface area contributed by atoms with Gasteiger partial charge in [-0.3, -0.25) is 4.90 Å². The molecule has 0 amide bonds. The van der Waals surface area contributed by atoms with Gasteiger partial charge >= 0.3 is 0 Å². The number of nitrogens with zero attached hydrogens (tertiary/aromatic N) is 6. The number of hydrogen-bond acceptors (Lipinski definition) is 6. The molecule has 0 saturated carbocycles. The number of thiophene rings is 1. The first-order chi connectivity index (χ1) is 15.3. The highest BCUT2D eigenvalue weighted by atomic mass is 32.1. The summed E-state index contributed by atoms with van der Waals surface area (Å²) in [5.41, 5.74) is 4.57. The second-order valence-corrected chi connectivity index (χ2v) is 8.71. The first-order valence-electron chi connectivity index (χ1n) is 10.5. The van der Waals surface area contributed by atoms with E-state index in [1.807, 2.05) is 18.2 Å². The summed E-state index contributed by atoms with van der Waals surface area (Å²) in [6, 6.07) is 16.6. The molecule has 6 rings (SSSR count). The van der Waals surface area contributed by atoms with Gasteiger partial charge < -0.3 is 9.30 Å². The van der Waals surface area contributed by atoms with Gasteiger partial charge in [-0.25, -0.2) is 15.0 Å². The largest absolute Gasteiger partial charge is 0.353 e. The first-order valence-corrected chi connectivity index (χ1v) is 11.4. The predicted octanol–water partition coefficient (Wildman–Crippen LogP) is 4.33. The average molecular weight is 427 g/mol. The van der Waals surface area contributed by atoms with Crippen molar-refractivity contribution in [3.8, 4) is 11.1 Å². The average Bonchev–Trinajstić information content (AvgIpc) is 3.44. The van der Waals surface area contributed by atoms with Gasteiger partial charge in [0.15, 0.2) is 0 Å². The molecular weight excluding hydrogens is 404 g/mol. The van der Waals surface area contributed by atoms with E-state index < -0.39 is 0 Å². The van der Waals surface area contributed by atoms with Gasteiger partial charge in [0, 0.05) is 56.1 Å². The lowest BCUT2D eigenvalue weighted by atomic mass is 10.1. The van der Waals surface area contributed by atoms with Crippen molar-refractivity contribution in [3.63, 3.8) is 0 Å². The lowest BCUT2D eigenvalue weighted by Crippen LogP contribution is -2.46. The molecule has 1 aliphatic rings. The Labute approximate surface area is 184 Å². The highest BCUT2D eigenvalue weighted by Crippen LogP contribution is 2.38. The highest BCUT2D eigenvalue weighted by Gasteiger charge is 2.23. The van der Waals surface area contributed by atoms with Crippen molar-refractivity contribution in [2.24, 2.45) is 0 Å². The van der Waals surface area contributed by atoms with Crippen LogP contribution >= 0.6 is 11.3 Å². The summed E-state index contributed by atoms with van der Waals surface area (Å²) in [7, 11) is 0. The van der Waals surface area contributed by atoms with Crippen LogP contribution in [0.2, 0.25) is 0 Å². The number of hydrogen-bond donors (Lipinski definition) is 0. The van der Waals surface area contributed by atoms with Gasteiger partial charge in [-0.2, -0.15) is 0 Å². The van der Waals surface area contributed by atoms with Crippen LogP contribution in [0.4, 0.5) is 5.82 Å². The summed E-state index contributed by atoms with van der Waals surface area (Å²) in [4.78, 5) is 19.9. The maximum absolute atomic E-state index is 4.75. The molecule has 1 aromatic carbocycles. The van der Waals surface area contributed by atoms with E-state index in [2.05, 4.69) is 67.3 Å². The minimum absolute atomic E-state index is 0.877. The molecule has 0 bridgehead atoms. The molecule has 5 aromatic rings. The van der Waals surface area contributed by atoms with Crippen LogP contribution in [0.15, 0.2) is 72.6 Å². The van der Waals surface area contributed by atoms with Gasteiger partial charge in [0.1, 0.15) is 22.6 Å². The normalized spacial score (nSPS) is 15.2. The van der Waals surface area contributed by atoms with E-state index >= 15 is 0 Å². The summed E-state index contributed by atoms with van der Waals surface area (Å²) < 4.78 is 2.09. The van der Waals surface area contributed by atoms with Crippen LogP contribution in [0.25, 0.3) is 27.0 Å². The molecule has 0 atom stereocenters. The Morgan fingerprint density at radius 1 is 0.903 bits per heavy atom. The zero-order valence-electron chi connectivity index (χ0n) is 17.1. The van der Waals surface area contributed by atoms with Crippen LogP contribution in [0, 0.1) is 0 Å². The predicted molar refractivity (Wildman–Crippen MR) is 126 cm³/mol. The van der Waals surface area contributed by atoms with Crippen molar-refractivity contribution in [1.29, 1.82) is 0 Å². The lowest BCUT2D eigenvalue weighted by molar-refractivity contribution is 0.247. The van der Waals surface area contributed by atoms with Gasteiger partial charge in [0.05, 0.1) is 11.1 Å². The number of imidazole rings is 1. The monoisotopic (exact) mass is 426 g/mol. The molecule has 7 heteroatoms. The fourth-order valence-corrected chi connectivity index (χ4v) is 5.25. The Balaban J connectivity index is 1.23. The maximum Gasteiger partial charge on any atom is 0.141 e. The molecule has 31 heavy (non-hydrogen) atoms. The Hall–Kier alpha value is -3.29. The zero-order valence-corrected chi connectivity index (χ0v) is 17.9. The second-order valence-electron chi connectivity index (χ2n) is 7.85. The van der Waals surface area contributed by atoms with Crippen molar-refractivity contribution in [2.45, 2.75) is 6.54 Å². The lowest BCUT2D eigenvalue weighted by Gasteiger charge is -2.35. The van der Waals surface area contributed by atoms with E-state index in [0.717, 1.165) is 54.7 Å². The van der Waals surface area contributed by atoms with Gasteiger partial charge in [-0.15, -0.1) is 11.3 Å². The third kappa shape index (κ3) is 3.45. The van der Waals surface area contributed by atoms with Crippen molar-refractivity contribution >= 4 is 33.0 Å². The molecule has 1 saturated heterocycles. The Kier molecular flexibility index (Phi) is 4.62. The highest BCUT2D eigenvalue weighted by molar-refractivity contribution is 7.17. The van der Waals surface area contributed by atoms with E-state index in [0.29, 0.717) is 0 Å². The molecule has 0 spiro atoms. The smallest absolute Gasteiger partial charge is 0.141 e. The molecule has 0 radical (unpaired) electrons. The van der Waals surface area contributed by atoms with Gasteiger partial charge in [-0.1, -0.05) is 36.4 Å². The molecule has 4 aromatic heterocycles. The van der Waals surface area contributed by atoms with E-state index in [1.165, 1.54) is 16.5 Å². The minimum Gasteiger partial charge on any atom is -0.353 e. The molecular formula is C24H22N6S. The molecule has 0 unspecified atom stereocenters.